The number of para-hydroxylation sites is 1. The molecule has 0 radical (unpaired) electrons. The van der Waals surface area contributed by atoms with Crippen molar-refractivity contribution in [2.75, 3.05) is 13.7 Å². The monoisotopic (exact) mass is 222 g/mol. The minimum absolute atomic E-state index is 0.0678. The molecule has 16 heavy (non-hydrogen) atoms. The van der Waals surface area contributed by atoms with Crippen LogP contribution in [0, 0.1) is 0 Å². The van der Waals surface area contributed by atoms with E-state index in [0.29, 0.717) is 6.42 Å². The van der Waals surface area contributed by atoms with Crippen molar-refractivity contribution in [2.24, 2.45) is 0 Å². The first kappa shape index (κ1) is 12.7. The molecule has 0 aliphatic rings. The molecule has 88 valence electrons. The van der Waals surface area contributed by atoms with Crippen molar-refractivity contribution in [2.45, 2.75) is 26.4 Å². The van der Waals surface area contributed by atoms with Crippen molar-refractivity contribution in [3.8, 4) is 5.75 Å². The first-order valence-electron chi connectivity index (χ1n) is 5.38. The van der Waals surface area contributed by atoms with Crippen LogP contribution in [0.1, 0.15) is 19.4 Å². The van der Waals surface area contributed by atoms with Gasteiger partial charge in [-0.3, -0.25) is 4.79 Å². The zero-order valence-corrected chi connectivity index (χ0v) is 10.0. The van der Waals surface area contributed by atoms with Crippen molar-refractivity contribution in [3.05, 3.63) is 29.8 Å². The summed E-state index contributed by atoms with van der Waals surface area (Å²) in [5, 5.41) is 0. The molecule has 1 aromatic rings. The Bertz CT molecular complexity index is 345. The van der Waals surface area contributed by atoms with E-state index in [1.807, 2.05) is 38.1 Å². The summed E-state index contributed by atoms with van der Waals surface area (Å²) >= 11 is 0. The summed E-state index contributed by atoms with van der Waals surface area (Å²) in [7, 11) is 1.61. The Morgan fingerprint density at radius 2 is 2.00 bits per heavy atom. The maximum Gasteiger partial charge on any atom is 0.162 e. The second-order valence-corrected chi connectivity index (χ2v) is 3.89. The molecule has 3 heteroatoms. The Balaban J connectivity index is 2.55. The summed E-state index contributed by atoms with van der Waals surface area (Å²) in [6.07, 6.45) is 0.443. The van der Waals surface area contributed by atoms with Crippen LogP contribution in [0.5, 0.6) is 5.75 Å². The molecule has 1 aromatic carbocycles. The third-order valence-electron chi connectivity index (χ3n) is 2.16. The van der Waals surface area contributed by atoms with Crippen molar-refractivity contribution in [3.63, 3.8) is 0 Å². The fourth-order valence-corrected chi connectivity index (χ4v) is 1.37. The van der Waals surface area contributed by atoms with Gasteiger partial charge in [0.2, 0.25) is 0 Å². The molecule has 0 aliphatic carbocycles. The molecule has 0 aliphatic heterocycles. The largest absolute Gasteiger partial charge is 0.496 e. The summed E-state index contributed by atoms with van der Waals surface area (Å²) in [6.45, 7) is 3.99. The maximum atomic E-state index is 11.6. The zero-order chi connectivity index (χ0) is 12.0. The van der Waals surface area contributed by atoms with Gasteiger partial charge in [-0.1, -0.05) is 18.2 Å². The van der Waals surface area contributed by atoms with Gasteiger partial charge in [0.05, 0.1) is 13.2 Å². The predicted octanol–water partition coefficient (Wildman–Crippen LogP) is 2.23. The molecule has 0 saturated carbocycles. The first-order valence-corrected chi connectivity index (χ1v) is 5.38. The average molecular weight is 222 g/mol. The van der Waals surface area contributed by atoms with Gasteiger partial charge in [-0.15, -0.1) is 0 Å². The summed E-state index contributed by atoms with van der Waals surface area (Å²) in [4.78, 5) is 11.6. The smallest absolute Gasteiger partial charge is 0.162 e. The first-order chi connectivity index (χ1) is 7.63. The van der Waals surface area contributed by atoms with E-state index in [2.05, 4.69) is 0 Å². The molecule has 3 nitrogen and oxygen atoms in total. The van der Waals surface area contributed by atoms with E-state index in [1.165, 1.54) is 0 Å². The van der Waals surface area contributed by atoms with Crippen molar-refractivity contribution < 1.29 is 14.3 Å². The van der Waals surface area contributed by atoms with Crippen LogP contribution in [0.2, 0.25) is 0 Å². The van der Waals surface area contributed by atoms with Crippen molar-refractivity contribution in [1.29, 1.82) is 0 Å². The van der Waals surface area contributed by atoms with Gasteiger partial charge in [0.25, 0.3) is 0 Å². The molecule has 0 heterocycles. The summed E-state index contributed by atoms with van der Waals surface area (Å²) in [5.41, 5.74) is 0.905. The molecule has 0 amide bonds. The third-order valence-corrected chi connectivity index (χ3v) is 2.16. The Labute approximate surface area is 96.4 Å². The minimum Gasteiger partial charge on any atom is -0.496 e. The quantitative estimate of drug-likeness (QED) is 0.740. The highest BCUT2D eigenvalue weighted by molar-refractivity contribution is 5.82. The molecule has 0 aromatic heterocycles. The topological polar surface area (TPSA) is 35.5 Å². The van der Waals surface area contributed by atoms with Gasteiger partial charge < -0.3 is 9.47 Å². The molecule has 0 atom stereocenters. The van der Waals surface area contributed by atoms with Gasteiger partial charge in [-0.2, -0.15) is 0 Å². The number of rotatable bonds is 6. The number of Topliss-reactive ketones (excluding diaryl/α,β-unsaturated/α-hetero) is 1. The lowest BCUT2D eigenvalue weighted by Gasteiger charge is -2.09. The van der Waals surface area contributed by atoms with Gasteiger partial charge in [-0.05, 0) is 19.9 Å². The Morgan fingerprint density at radius 3 is 2.62 bits per heavy atom. The molecule has 0 fully saturated rings. The number of hydrogen-bond donors (Lipinski definition) is 0. The number of carbonyl (C=O) groups excluding carboxylic acids is 1. The highest BCUT2D eigenvalue weighted by Gasteiger charge is 2.08. The minimum atomic E-state index is 0.0678. The van der Waals surface area contributed by atoms with Crippen LogP contribution in [0.15, 0.2) is 24.3 Å². The van der Waals surface area contributed by atoms with Crippen LogP contribution in [0.25, 0.3) is 0 Å². The van der Waals surface area contributed by atoms with E-state index < -0.39 is 0 Å². The number of ketones is 1. The molecule has 0 unspecified atom stereocenters. The fourth-order valence-electron chi connectivity index (χ4n) is 1.37. The highest BCUT2D eigenvalue weighted by Crippen LogP contribution is 2.17. The second kappa shape index (κ2) is 6.28. The van der Waals surface area contributed by atoms with Crippen LogP contribution in [-0.4, -0.2) is 25.6 Å². The Hall–Kier alpha value is -1.35. The third kappa shape index (κ3) is 4.03. The SMILES string of the molecule is COc1ccccc1CC(=O)COC(C)C. The van der Waals surface area contributed by atoms with Gasteiger partial charge in [-0.25, -0.2) is 0 Å². The molecule has 0 N–H and O–H groups in total. The number of ether oxygens (including phenoxy) is 2. The normalized spacial score (nSPS) is 10.5. The number of methoxy groups -OCH3 is 1. The summed E-state index contributed by atoms with van der Waals surface area (Å²) < 4.78 is 10.4. The van der Waals surface area contributed by atoms with Gasteiger partial charge in [0, 0.05) is 12.0 Å². The lowest BCUT2D eigenvalue weighted by molar-refractivity contribution is -0.124. The molecule has 0 saturated heterocycles. The Morgan fingerprint density at radius 1 is 1.31 bits per heavy atom. The number of hydrogen-bond acceptors (Lipinski definition) is 3. The average Bonchev–Trinajstić information content (AvgIpc) is 2.27. The lowest BCUT2D eigenvalue weighted by Crippen LogP contribution is -2.15. The van der Waals surface area contributed by atoms with Gasteiger partial charge in [0.15, 0.2) is 5.78 Å². The highest BCUT2D eigenvalue weighted by atomic mass is 16.5. The van der Waals surface area contributed by atoms with Crippen LogP contribution >= 0.6 is 0 Å². The van der Waals surface area contributed by atoms with E-state index >= 15 is 0 Å². The second-order valence-electron chi connectivity index (χ2n) is 3.89. The molecular weight excluding hydrogens is 204 g/mol. The summed E-state index contributed by atoms with van der Waals surface area (Å²) in [6, 6.07) is 7.53. The van der Waals surface area contributed by atoms with Crippen LogP contribution in [-0.2, 0) is 16.0 Å². The van der Waals surface area contributed by atoms with Crippen LogP contribution < -0.4 is 4.74 Å². The molecule has 1 rings (SSSR count). The molecule has 0 spiro atoms. The van der Waals surface area contributed by atoms with E-state index in [9.17, 15) is 4.79 Å². The van der Waals surface area contributed by atoms with Crippen molar-refractivity contribution in [1.82, 2.24) is 0 Å². The Kier molecular flexibility index (Phi) is 4.99. The van der Waals surface area contributed by atoms with Gasteiger partial charge in [0.1, 0.15) is 12.4 Å². The molecular formula is C13H18O3. The van der Waals surface area contributed by atoms with Gasteiger partial charge >= 0.3 is 0 Å². The lowest BCUT2D eigenvalue weighted by atomic mass is 10.1. The van der Waals surface area contributed by atoms with E-state index in [-0.39, 0.29) is 18.5 Å². The zero-order valence-electron chi connectivity index (χ0n) is 10.0. The van der Waals surface area contributed by atoms with Crippen LogP contribution in [0.4, 0.5) is 0 Å². The van der Waals surface area contributed by atoms with E-state index in [0.717, 1.165) is 11.3 Å². The van der Waals surface area contributed by atoms with E-state index in [4.69, 9.17) is 9.47 Å². The number of carbonyl (C=O) groups is 1. The summed E-state index contributed by atoms with van der Waals surface area (Å²) in [5.74, 6) is 0.818. The maximum absolute atomic E-state index is 11.6. The van der Waals surface area contributed by atoms with E-state index in [1.54, 1.807) is 7.11 Å². The standard InChI is InChI=1S/C13H18O3/c1-10(2)16-9-12(14)8-11-6-4-5-7-13(11)15-3/h4-7,10H,8-9H2,1-3H3. The number of benzene rings is 1. The van der Waals surface area contributed by atoms with Crippen LogP contribution in [0.3, 0.4) is 0 Å². The predicted molar refractivity (Wildman–Crippen MR) is 62.8 cm³/mol. The molecule has 0 bridgehead atoms. The van der Waals surface area contributed by atoms with Crippen molar-refractivity contribution >= 4 is 5.78 Å². The fraction of sp³-hybridized carbons (Fsp3) is 0.462.